The molecule has 8 N–H and O–H groups in total. The van der Waals surface area contributed by atoms with Gasteiger partial charge in [0.25, 0.3) is 0 Å². The zero-order valence-corrected chi connectivity index (χ0v) is 40.5. The number of ether oxygens (including phenoxy) is 2. The normalized spacial score (nSPS) is 22.8. The van der Waals surface area contributed by atoms with Gasteiger partial charge in [-0.05, 0) is 77.0 Å². The molecule has 17 nitrogen and oxygen atoms in total. The highest BCUT2D eigenvalue weighted by Crippen LogP contribution is 2.49. The van der Waals surface area contributed by atoms with Gasteiger partial charge in [-0.3, -0.25) is 23.2 Å². The van der Waals surface area contributed by atoms with Gasteiger partial charge in [0, 0.05) is 12.8 Å². The summed E-state index contributed by atoms with van der Waals surface area (Å²) in [6.45, 7) is 2.81. The highest BCUT2D eigenvalue weighted by Gasteiger charge is 2.54. The minimum atomic E-state index is -5.38. The molecule has 0 radical (unpaired) electrons. The first-order valence-corrected chi connectivity index (χ1v) is 26.3. The molecule has 0 heterocycles. The topological polar surface area (TPSA) is 276 Å². The molecule has 9 atom stereocenters. The molecule has 1 aliphatic rings. The lowest BCUT2D eigenvalue weighted by Crippen LogP contribution is -2.64. The maximum atomic E-state index is 13.0. The molecule has 0 bridgehead atoms. The van der Waals surface area contributed by atoms with Crippen LogP contribution in [-0.2, 0) is 41.8 Å². The van der Waals surface area contributed by atoms with Gasteiger partial charge in [-0.25, -0.2) is 9.13 Å². The van der Waals surface area contributed by atoms with Crippen LogP contribution in [0.4, 0.5) is 0 Å². The largest absolute Gasteiger partial charge is 0.472 e. The molecule has 1 aliphatic carbocycles. The van der Waals surface area contributed by atoms with Crippen molar-refractivity contribution in [3.8, 4) is 0 Å². The Hall–Kier alpha value is -2.86. The Morgan fingerprint density at radius 1 is 0.576 bits per heavy atom. The van der Waals surface area contributed by atoms with Gasteiger partial charge in [0.15, 0.2) is 6.10 Å². The van der Waals surface area contributed by atoms with E-state index in [0.29, 0.717) is 32.1 Å². The maximum Gasteiger partial charge on any atom is 0.472 e. The summed E-state index contributed by atoms with van der Waals surface area (Å²) in [5.74, 6) is -1.34. The lowest BCUT2D eigenvalue weighted by molar-refractivity contribution is -0.216. The molecule has 0 spiro atoms. The first-order chi connectivity index (χ1) is 31.5. The fraction of sp³-hybridized carbons (Fsp3) is 0.660. The zero-order valence-electron chi connectivity index (χ0n) is 38.7. The average molecular weight is 977 g/mol. The minimum Gasteiger partial charge on any atom is -0.462 e. The van der Waals surface area contributed by atoms with Crippen LogP contribution in [0.3, 0.4) is 0 Å². The Balaban J connectivity index is 2.68. The second-order valence-corrected chi connectivity index (χ2v) is 18.5. The van der Waals surface area contributed by atoms with Crippen molar-refractivity contribution in [2.45, 2.75) is 185 Å². The van der Waals surface area contributed by atoms with Gasteiger partial charge in [-0.15, -0.1) is 0 Å². The van der Waals surface area contributed by atoms with Gasteiger partial charge in [-0.2, -0.15) is 0 Å². The Kier molecular flexibility index (Phi) is 34.4. The van der Waals surface area contributed by atoms with Gasteiger partial charge < -0.3 is 49.7 Å². The predicted molar refractivity (Wildman–Crippen MR) is 251 cm³/mol. The van der Waals surface area contributed by atoms with Crippen molar-refractivity contribution in [1.29, 1.82) is 0 Å². The van der Waals surface area contributed by atoms with Gasteiger partial charge in [0.2, 0.25) is 0 Å². The van der Waals surface area contributed by atoms with Gasteiger partial charge >= 0.3 is 27.6 Å². The number of allylic oxidation sites excluding steroid dienone is 12. The summed E-state index contributed by atoms with van der Waals surface area (Å²) in [5, 5.41) is 51.3. The van der Waals surface area contributed by atoms with Crippen LogP contribution in [0.1, 0.15) is 136 Å². The van der Waals surface area contributed by atoms with Crippen LogP contribution in [0.5, 0.6) is 0 Å². The standard InChI is InChI=1S/C47H78O17P2/c1-3-5-7-9-11-12-13-14-15-16-17-18-22-27-31-35-41(50)62-39(37-61-66(58,59)64-47-44(53)42(51)43(52)46(45(47)54)63-65(55,56)57)36-60-40(49)34-30-26-23-19-21-25-29-33-38(48)32-28-24-20-10-8-6-4-2/h5,7,11-12,14-15,19-20,23-25,28-29,32,38-39,42-48,51-54H,3-4,6,8-10,13,16-18,21-22,26-27,30-31,33-37H2,1-2H3,(H,58,59)(H2,55,56,57)/b7-5-,12-11-,15-14-,23-19+,24-20-,29-25-,32-28-/t38-,39-,42?,43?,44?,45?,46-,47+/m1/s1. The lowest BCUT2D eigenvalue weighted by Gasteiger charge is -2.43. The quantitative estimate of drug-likeness (QED) is 0.00979. The molecule has 0 aromatic heterocycles. The van der Waals surface area contributed by atoms with Crippen molar-refractivity contribution in [1.82, 2.24) is 0 Å². The van der Waals surface area contributed by atoms with Crippen molar-refractivity contribution < 1.29 is 82.0 Å². The Morgan fingerprint density at radius 3 is 1.77 bits per heavy atom. The summed E-state index contributed by atoms with van der Waals surface area (Å²) in [7, 11) is -10.7. The number of esters is 2. The molecule has 66 heavy (non-hydrogen) atoms. The first-order valence-electron chi connectivity index (χ1n) is 23.2. The smallest absolute Gasteiger partial charge is 0.462 e. The molecule has 1 fully saturated rings. The molecule has 1 rings (SSSR count). The molecule has 0 saturated heterocycles. The van der Waals surface area contributed by atoms with E-state index in [1.165, 1.54) is 12.8 Å². The van der Waals surface area contributed by atoms with Crippen molar-refractivity contribution in [2.24, 2.45) is 0 Å². The van der Waals surface area contributed by atoms with Crippen molar-refractivity contribution in [3.63, 3.8) is 0 Å². The van der Waals surface area contributed by atoms with E-state index < -0.39 is 89.6 Å². The number of aliphatic hydroxyl groups is 5. The van der Waals surface area contributed by atoms with Crippen LogP contribution < -0.4 is 0 Å². The predicted octanol–water partition coefficient (Wildman–Crippen LogP) is 7.58. The molecule has 0 amide bonds. The number of carbonyl (C=O) groups is 2. The van der Waals surface area contributed by atoms with Crippen molar-refractivity contribution in [3.05, 3.63) is 85.1 Å². The van der Waals surface area contributed by atoms with Crippen LogP contribution >= 0.6 is 15.6 Å². The molecule has 378 valence electrons. The average Bonchev–Trinajstić information content (AvgIpc) is 3.27. The third-order valence-electron chi connectivity index (χ3n) is 10.0. The van der Waals surface area contributed by atoms with Crippen LogP contribution in [-0.4, -0.2) is 114 Å². The fourth-order valence-electron chi connectivity index (χ4n) is 6.41. The van der Waals surface area contributed by atoms with E-state index in [9.17, 15) is 49.1 Å². The second-order valence-electron chi connectivity index (χ2n) is 15.9. The second kappa shape index (κ2) is 37.1. The highest BCUT2D eigenvalue weighted by atomic mass is 31.2. The SMILES string of the molecule is CC/C=C\C/C=C\C/C=C\CCCCCCCC(=O)O[C@H](COC(=O)CCC/C=C/C/C=C\C[C@H](O)/C=C\C=C/CCCCC)COP(=O)(O)O[C@H]1C(O)C(O)C(O)[C@@H](OP(=O)(O)O)C1O. The third kappa shape index (κ3) is 31.2. The summed E-state index contributed by atoms with van der Waals surface area (Å²) in [5.41, 5.74) is 0. The number of rotatable bonds is 37. The number of hydrogen-bond donors (Lipinski definition) is 8. The monoisotopic (exact) mass is 976 g/mol. The molecule has 19 heteroatoms. The molecule has 5 unspecified atom stereocenters. The number of carbonyl (C=O) groups excluding carboxylic acids is 2. The van der Waals surface area contributed by atoms with Gasteiger partial charge in [0.05, 0.1) is 12.7 Å². The van der Waals surface area contributed by atoms with E-state index in [4.69, 9.17) is 28.3 Å². The molecule has 0 aliphatic heterocycles. The lowest BCUT2D eigenvalue weighted by atomic mass is 9.85. The maximum absolute atomic E-state index is 13.0. The highest BCUT2D eigenvalue weighted by molar-refractivity contribution is 7.47. The number of phosphoric acid groups is 2. The molecule has 1 saturated carbocycles. The van der Waals surface area contributed by atoms with Gasteiger partial charge in [0.1, 0.15) is 43.2 Å². The number of unbranched alkanes of at least 4 members (excludes halogenated alkanes) is 9. The Morgan fingerprint density at radius 2 is 1.12 bits per heavy atom. The van der Waals surface area contributed by atoms with Crippen LogP contribution in [0, 0.1) is 0 Å². The van der Waals surface area contributed by atoms with Crippen LogP contribution in [0.15, 0.2) is 85.1 Å². The summed E-state index contributed by atoms with van der Waals surface area (Å²) in [6, 6.07) is 0. The van der Waals surface area contributed by atoms with Crippen molar-refractivity contribution in [2.75, 3.05) is 13.2 Å². The molecular formula is C47H78O17P2. The third-order valence-corrected chi connectivity index (χ3v) is 11.5. The fourth-order valence-corrected chi connectivity index (χ4v) is 7.94. The van der Waals surface area contributed by atoms with Crippen LogP contribution in [0.2, 0.25) is 0 Å². The van der Waals surface area contributed by atoms with E-state index in [2.05, 4.69) is 60.9 Å². The first kappa shape index (κ1) is 61.2. The number of phosphoric ester groups is 2. The van der Waals surface area contributed by atoms with E-state index in [-0.39, 0.29) is 12.8 Å². The van der Waals surface area contributed by atoms with E-state index in [1.807, 2.05) is 36.5 Å². The zero-order chi connectivity index (χ0) is 49.1. The molecule has 0 aromatic carbocycles. The van der Waals surface area contributed by atoms with Gasteiger partial charge in [-0.1, -0.05) is 131 Å². The van der Waals surface area contributed by atoms with Crippen molar-refractivity contribution >= 4 is 27.6 Å². The molecule has 0 aromatic rings. The summed E-state index contributed by atoms with van der Waals surface area (Å²) >= 11 is 0. The van der Waals surface area contributed by atoms with E-state index >= 15 is 0 Å². The summed E-state index contributed by atoms with van der Waals surface area (Å²) in [4.78, 5) is 54.2. The molecular weight excluding hydrogens is 898 g/mol. The van der Waals surface area contributed by atoms with E-state index in [1.54, 1.807) is 6.08 Å². The number of aliphatic hydroxyl groups excluding tert-OH is 5. The minimum absolute atomic E-state index is 0.00213. The summed E-state index contributed by atoms with van der Waals surface area (Å²) in [6.07, 6.45) is 27.1. The number of hydrogen-bond acceptors (Lipinski definition) is 14. The Labute approximate surface area is 391 Å². The van der Waals surface area contributed by atoms with Crippen LogP contribution in [0.25, 0.3) is 0 Å². The Bertz CT molecular complexity index is 1620. The van der Waals surface area contributed by atoms with E-state index in [0.717, 1.165) is 64.2 Å². The summed E-state index contributed by atoms with van der Waals surface area (Å²) < 4.78 is 49.2.